The maximum absolute atomic E-state index is 13.0. The summed E-state index contributed by atoms with van der Waals surface area (Å²) in [5, 5.41) is 0.586. The highest BCUT2D eigenvalue weighted by molar-refractivity contribution is 6.30. The molecule has 0 aliphatic rings. The fraction of sp³-hybridized carbons (Fsp3) is 0.400. The van der Waals surface area contributed by atoms with Crippen molar-refractivity contribution in [2.75, 3.05) is 14.2 Å². The number of H-pyrrole nitrogens is 1. The molecular formula is C20H25ClN2O3. The van der Waals surface area contributed by atoms with Crippen molar-refractivity contribution in [3.63, 3.8) is 0 Å². The molecule has 0 radical (unpaired) electrons. The number of aryl methyl sites for hydroxylation is 1. The van der Waals surface area contributed by atoms with Crippen molar-refractivity contribution >= 4 is 23.3 Å². The smallest absolute Gasteiger partial charge is 0.270 e. The van der Waals surface area contributed by atoms with Crippen molar-refractivity contribution in [3.8, 4) is 5.75 Å². The number of aromatic amines is 1. The number of carbonyl (C=O) groups excluding carboxylic acids is 2. The Balaban J connectivity index is 2.36. The fourth-order valence-corrected chi connectivity index (χ4v) is 3.42. The molecule has 140 valence electrons. The standard InChI is InChI=1S/C20H25ClN2O3/c1-6-7-16-18(13(3)24)12(2)22-19(16)20(25)23(4)11-14-10-15(21)8-9-17(14)26-5/h8-10,22H,6-7,11H2,1-5H3. The molecule has 1 aromatic carbocycles. The van der Waals surface area contributed by atoms with E-state index in [-0.39, 0.29) is 11.7 Å². The van der Waals surface area contributed by atoms with Crippen LogP contribution in [0.5, 0.6) is 5.75 Å². The Morgan fingerprint density at radius 1 is 1.31 bits per heavy atom. The van der Waals surface area contributed by atoms with Gasteiger partial charge in [-0.3, -0.25) is 9.59 Å². The third-order valence-corrected chi connectivity index (χ3v) is 4.59. The average molecular weight is 377 g/mol. The first-order chi connectivity index (χ1) is 12.3. The topological polar surface area (TPSA) is 62.4 Å². The number of nitrogens with zero attached hydrogens (tertiary/aromatic N) is 1. The molecule has 6 heteroatoms. The second-order valence-electron chi connectivity index (χ2n) is 6.40. The Morgan fingerprint density at radius 2 is 2.00 bits per heavy atom. The molecule has 0 saturated carbocycles. The predicted octanol–water partition coefficient (Wildman–Crippen LogP) is 4.41. The summed E-state index contributed by atoms with van der Waals surface area (Å²) in [4.78, 5) is 29.7. The van der Waals surface area contributed by atoms with Crippen LogP contribution in [0.25, 0.3) is 0 Å². The number of hydrogen-bond donors (Lipinski definition) is 1. The molecule has 0 spiro atoms. The minimum atomic E-state index is -0.161. The summed E-state index contributed by atoms with van der Waals surface area (Å²) < 4.78 is 5.35. The van der Waals surface area contributed by atoms with Gasteiger partial charge >= 0.3 is 0 Å². The molecule has 1 N–H and O–H groups in total. The molecule has 0 bridgehead atoms. The summed E-state index contributed by atoms with van der Waals surface area (Å²) in [6, 6.07) is 5.32. The number of ketones is 1. The molecular weight excluding hydrogens is 352 g/mol. The Hall–Kier alpha value is -2.27. The number of halogens is 1. The lowest BCUT2D eigenvalue weighted by molar-refractivity contribution is 0.0778. The number of carbonyl (C=O) groups is 2. The molecule has 2 aromatic rings. The van der Waals surface area contributed by atoms with E-state index >= 15 is 0 Å². The number of methoxy groups -OCH3 is 1. The lowest BCUT2D eigenvalue weighted by Crippen LogP contribution is -2.27. The molecule has 1 aromatic heterocycles. The maximum Gasteiger partial charge on any atom is 0.270 e. The van der Waals surface area contributed by atoms with Gasteiger partial charge in [0.2, 0.25) is 0 Å². The van der Waals surface area contributed by atoms with Gasteiger partial charge in [-0.25, -0.2) is 0 Å². The van der Waals surface area contributed by atoms with Gasteiger partial charge in [0.05, 0.1) is 7.11 Å². The summed E-state index contributed by atoms with van der Waals surface area (Å²) in [5.41, 5.74) is 3.47. The van der Waals surface area contributed by atoms with Crippen molar-refractivity contribution in [2.24, 2.45) is 0 Å². The first-order valence-corrected chi connectivity index (χ1v) is 8.98. The molecule has 1 heterocycles. The lowest BCUT2D eigenvalue weighted by atomic mass is 10.0. The van der Waals surface area contributed by atoms with Crippen LogP contribution in [0.1, 0.15) is 57.9 Å². The van der Waals surface area contributed by atoms with E-state index in [1.165, 1.54) is 6.92 Å². The van der Waals surface area contributed by atoms with Crippen LogP contribution in [0.3, 0.4) is 0 Å². The number of aromatic nitrogens is 1. The van der Waals surface area contributed by atoms with E-state index in [0.29, 0.717) is 35.0 Å². The number of amides is 1. The van der Waals surface area contributed by atoms with E-state index in [4.69, 9.17) is 16.3 Å². The number of nitrogens with one attached hydrogen (secondary N) is 1. The predicted molar refractivity (Wildman–Crippen MR) is 103 cm³/mol. The van der Waals surface area contributed by atoms with E-state index in [2.05, 4.69) is 4.98 Å². The summed E-state index contributed by atoms with van der Waals surface area (Å²) in [5.74, 6) is 0.487. The van der Waals surface area contributed by atoms with Crippen LogP contribution >= 0.6 is 11.6 Å². The average Bonchev–Trinajstić information content (AvgIpc) is 2.91. The maximum atomic E-state index is 13.0. The van der Waals surface area contributed by atoms with E-state index in [0.717, 1.165) is 23.2 Å². The van der Waals surface area contributed by atoms with Crippen molar-refractivity contribution in [1.82, 2.24) is 9.88 Å². The second-order valence-corrected chi connectivity index (χ2v) is 6.84. The highest BCUT2D eigenvalue weighted by Gasteiger charge is 2.24. The van der Waals surface area contributed by atoms with Gasteiger partial charge in [0.1, 0.15) is 11.4 Å². The van der Waals surface area contributed by atoms with Crippen LogP contribution in [0.15, 0.2) is 18.2 Å². The van der Waals surface area contributed by atoms with Crippen LogP contribution in [0.2, 0.25) is 5.02 Å². The monoisotopic (exact) mass is 376 g/mol. The van der Waals surface area contributed by atoms with Crippen LogP contribution in [-0.2, 0) is 13.0 Å². The second kappa shape index (κ2) is 8.41. The molecule has 0 saturated heterocycles. The van der Waals surface area contributed by atoms with Crippen molar-refractivity contribution in [1.29, 1.82) is 0 Å². The first kappa shape index (κ1) is 20.0. The SMILES string of the molecule is CCCc1c(C(=O)N(C)Cc2cc(Cl)ccc2OC)[nH]c(C)c1C(C)=O. The van der Waals surface area contributed by atoms with E-state index in [9.17, 15) is 9.59 Å². The van der Waals surface area contributed by atoms with Gasteiger partial charge in [-0.15, -0.1) is 0 Å². The van der Waals surface area contributed by atoms with Gasteiger partial charge in [-0.05, 0) is 44.0 Å². The van der Waals surface area contributed by atoms with Gasteiger partial charge in [0, 0.05) is 35.4 Å². The van der Waals surface area contributed by atoms with Crippen LogP contribution < -0.4 is 4.74 Å². The van der Waals surface area contributed by atoms with Crippen LogP contribution in [0, 0.1) is 6.92 Å². The number of hydrogen-bond acceptors (Lipinski definition) is 3. The molecule has 0 fully saturated rings. The van der Waals surface area contributed by atoms with Gasteiger partial charge in [0.15, 0.2) is 5.78 Å². The minimum Gasteiger partial charge on any atom is -0.496 e. The van der Waals surface area contributed by atoms with E-state index in [1.54, 1.807) is 37.3 Å². The molecule has 0 atom stereocenters. The fourth-order valence-electron chi connectivity index (χ4n) is 3.22. The van der Waals surface area contributed by atoms with Crippen molar-refractivity contribution in [3.05, 3.63) is 51.3 Å². The summed E-state index contributed by atoms with van der Waals surface area (Å²) in [6.45, 7) is 5.74. The third-order valence-electron chi connectivity index (χ3n) is 4.35. The molecule has 0 aliphatic carbocycles. The first-order valence-electron chi connectivity index (χ1n) is 8.60. The number of benzene rings is 1. The Kier molecular flexibility index (Phi) is 6.48. The largest absolute Gasteiger partial charge is 0.496 e. The molecule has 0 unspecified atom stereocenters. The van der Waals surface area contributed by atoms with Gasteiger partial charge in [-0.1, -0.05) is 24.9 Å². The number of ether oxygens (including phenoxy) is 1. The highest BCUT2D eigenvalue weighted by Crippen LogP contribution is 2.26. The normalized spacial score (nSPS) is 10.7. The lowest BCUT2D eigenvalue weighted by Gasteiger charge is -2.19. The number of Topliss-reactive ketones (excluding diaryl/α,β-unsaturated/α-hetero) is 1. The zero-order valence-electron chi connectivity index (χ0n) is 15.9. The van der Waals surface area contributed by atoms with Crippen molar-refractivity contribution in [2.45, 2.75) is 40.2 Å². The molecule has 5 nitrogen and oxygen atoms in total. The molecule has 26 heavy (non-hydrogen) atoms. The van der Waals surface area contributed by atoms with Crippen LogP contribution in [-0.4, -0.2) is 35.7 Å². The summed E-state index contributed by atoms with van der Waals surface area (Å²) in [7, 11) is 3.31. The molecule has 1 amide bonds. The number of rotatable bonds is 7. The van der Waals surface area contributed by atoms with E-state index < -0.39 is 0 Å². The van der Waals surface area contributed by atoms with Gasteiger partial charge < -0.3 is 14.6 Å². The molecule has 0 aliphatic heterocycles. The quantitative estimate of drug-likeness (QED) is 0.728. The third kappa shape index (κ3) is 4.10. The van der Waals surface area contributed by atoms with Gasteiger partial charge in [0.25, 0.3) is 5.91 Å². The zero-order chi connectivity index (χ0) is 19.4. The highest BCUT2D eigenvalue weighted by atomic mass is 35.5. The van der Waals surface area contributed by atoms with Crippen LogP contribution in [0.4, 0.5) is 0 Å². The Morgan fingerprint density at radius 3 is 2.58 bits per heavy atom. The van der Waals surface area contributed by atoms with E-state index in [1.807, 2.05) is 13.8 Å². The Bertz CT molecular complexity index is 827. The summed E-state index contributed by atoms with van der Waals surface area (Å²) in [6.07, 6.45) is 1.53. The minimum absolute atomic E-state index is 0.0274. The zero-order valence-corrected chi connectivity index (χ0v) is 16.7. The summed E-state index contributed by atoms with van der Waals surface area (Å²) >= 11 is 6.08. The molecule has 2 rings (SSSR count). The Labute approximate surface area is 159 Å². The van der Waals surface area contributed by atoms with Gasteiger partial charge in [-0.2, -0.15) is 0 Å². The van der Waals surface area contributed by atoms with Crippen molar-refractivity contribution < 1.29 is 14.3 Å².